The summed E-state index contributed by atoms with van der Waals surface area (Å²) in [6.07, 6.45) is -0.622. The molecule has 8 rings (SSSR count). The van der Waals surface area contributed by atoms with E-state index in [0.717, 1.165) is 42.1 Å². The van der Waals surface area contributed by atoms with Crippen LogP contribution in [0.3, 0.4) is 0 Å². The highest BCUT2D eigenvalue weighted by Crippen LogP contribution is 2.38. The molecule has 0 saturated heterocycles. The molecule has 0 unspecified atom stereocenters. The van der Waals surface area contributed by atoms with E-state index in [1.807, 2.05) is 81.9 Å². The molecule has 0 spiro atoms. The van der Waals surface area contributed by atoms with Crippen LogP contribution in [0.4, 0.5) is 13.6 Å². The second-order valence-electron chi connectivity index (χ2n) is 17.1. The van der Waals surface area contributed by atoms with Crippen molar-refractivity contribution in [1.82, 2.24) is 9.13 Å². The lowest BCUT2D eigenvalue weighted by atomic mass is 9.94. The van der Waals surface area contributed by atoms with E-state index in [-0.39, 0.29) is 24.3 Å². The van der Waals surface area contributed by atoms with Crippen LogP contribution < -0.4 is 9.47 Å². The molecule has 0 N–H and O–H groups in total. The average molecular weight is 1010 g/mol. The predicted octanol–water partition coefficient (Wildman–Crippen LogP) is 14.0. The number of aromatic nitrogens is 2. The van der Waals surface area contributed by atoms with Gasteiger partial charge in [-0.1, -0.05) is 31.9 Å². The molecule has 6 aromatic carbocycles. The summed E-state index contributed by atoms with van der Waals surface area (Å²) >= 11 is 7.13. The number of hydrogen-bond donors (Lipinski definition) is 0. The highest BCUT2D eigenvalue weighted by atomic mass is 79.9. The summed E-state index contributed by atoms with van der Waals surface area (Å²) in [7, 11) is 2.83. The van der Waals surface area contributed by atoms with Crippen molar-refractivity contribution in [3.8, 4) is 57.5 Å². The molecule has 0 saturated carbocycles. The molecule has 0 amide bonds. The molecule has 66 heavy (non-hydrogen) atoms. The van der Waals surface area contributed by atoms with Gasteiger partial charge in [0.1, 0.15) is 11.2 Å². The fraction of sp³-hybridized carbons (Fsp3) is 0.189. The standard InChI is InChI=1S/C53H42Br2F2N4O5/c1-52(2,27-37-21-41(13-7-33(37)29-58)60-45-15-11-39(54)19-35(45)25-47(60)31-9-17-49(63-5)43(56)23-31)65-51(62)66-53(3,4)28-38-22-42(14-8-34(38)30-59)61-46-16-12-40(55)20-36(46)26-48(61)32-10-18-50(64-6)44(57)24-32/h7-26H,27-28H2,1-6H3. The van der Waals surface area contributed by atoms with Gasteiger partial charge in [-0.25, -0.2) is 13.6 Å². The Morgan fingerprint density at radius 1 is 0.576 bits per heavy atom. The summed E-state index contributed by atoms with van der Waals surface area (Å²) in [6.45, 7) is 6.97. The minimum atomic E-state index is -1.15. The molecule has 2 heterocycles. The molecular formula is C53H42Br2F2N4O5. The molecule has 0 bridgehead atoms. The number of methoxy groups -OCH3 is 2. The van der Waals surface area contributed by atoms with E-state index >= 15 is 8.78 Å². The maximum absolute atomic E-state index is 15.1. The molecule has 0 aliphatic carbocycles. The maximum atomic E-state index is 15.1. The Morgan fingerprint density at radius 2 is 0.985 bits per heavy atom. The number of halogens is 4. The smallest absolute Gasteiger partial charge is 0.494 e. The fourth-order valence-corrected chi connectivity index (χ4v) is 9.17. The Morgan fingerprint density at radius 3 is 1.35 bits per heavy atom. The zero-order valence-electron chi connectivity index (χ0n) is 36.8. The number of nitriles is 2. The zero-order chi connectivity index (χ0) is 47.1. The van der Waals surface area contributed by atoms with Gasteiger partial charge in [-0.15, -0.1) is 0 Å². The first-order chi connectivity index (χ1) is 31.5. The molecule has 8 aromatic rings. The topological polar surface area (TPSA) is 111 Å². The number of rotatable bonds is 12. The largest absolute Gasteiger partial charge is 0.509 e. The van der Waals surface area contributed by atoms with Gasteiger partial charge in [0.15, 0.2) is 23.1 Å². The van der Waals surface area contributed by atoms with Gasteiger partial charge in [-0.2, -0.15) is 10.5 Å². The lowest BCUT2D eigenvalue weighted by Gasteiger charge is -2.30. The Bertz CT molecular complexity index is 3090. The Labute approximate surface area is 397 Å². The third kappa shape index (κ3) is 9.28. The number of hydrogen-bond acceptors (Lipinski definition) is 7. The number of benzene rings is 6. The van der Waals surface area contributed by atoms with Gasteiger partial charge in [-0.05, 0) is 160 Å². The normalized spacial score (nSPS) is 11.6. The van der Waals surface area contributed by atoms with Gasteiger partial charge in [0.05, 0.1) is 59.9 Å². The van der Waals surface area contributed by atoms with Crippen LogP contribution in [0.5, 0.6) is 11.5 Å². The van der Waals surface area contributed by atoms with Gasteiger partial charge in [0.2, 0.25) is 0 Å². The van der Waals surface area contributed by atoms with Gasteiger partial charge in [-0.3, -0.25) is 0 Å². The first-order valence-electron chi connectivity index (χ1n) is 20.8. The SMILES string of the molecule is COc1ccc(-c2cc3cc(Br)ccc3n2-c2ccc(C#N)c(CC(C)(C)OC(=O)OC(C)(C)Cc3cc(-n4c(-c5ccc(OC)c(F)c5)cc5cc(Br)ccc54)ccc3C#N)c2)cc1F. The van der Waals surface area contributed by atoms with Crippen molar-refractivity contribution in [2.45, 2.75) is 51.7 Å². The van der Waals surface area contributed by atoms with Crippen LogP contribution >= 0.6 is 31.9 Å². The van der Waals surface area contributed by atoms with Gasteiger partial charge in [0.25, 0.3) is 0 Å². The van der Waals surface area contributed by atoms with E-state index < -0.39 is 29.0 Å². The van der Waals surface area contributed by atoms with Crippen molar-refractivity contribution < 1.29 is 32.5 Å². The summed E-state index contributed by atoms with van der Waals surface area (Å²) in [5.74, 6) is -0.743. The second-order valence-corrected chi connectivity index (χ2v) is 18.9. The first kappa shape index (κ1) is 45.6. The Kier molecular flexibility index (Phi) is 12.6. The monoisotopic (exact) mass is 1010 g/mol. The van der Waals surface area contributed by atoms with Crippen LogP contribution in [0.25, 0.3) is 55.7 Å². The third-order valence-electron chi connectivity index (χ3n) is 11.3. The molecule has 0 aliphatic heterocycles. The minimum absolute atomic E-state index is 0.130. The predicted molar refractivity (Wildman–Crippen MR) is 258 cm³/mol. The summed E-state index contributed by atoms with van der Waals surface area (Å²) in [5.41, 5.74) is 5.55. The number of carbonyl (C=O) groups excluding carboxylic acids is 1. The number of ether oxygens (including phenoxy) is 4. The Hall–Kier alpha value is -6.93. The highest BCUT2D eigenvalue weighted by Gasteiger charge is 2.32. The van der Waals surface area contributed by atoms with E-state index in [1.54, 1.807) is 64.1 Å². The van der Waals surface area contributed by atoms with Gasteiger partial charge >= 0.3 is 6.16 Å². The minimum Gasteiger partial charge on any atom is -0.494 e. The van der Waals surface area contributed by atoms with E-state index in [0.29, 0.717) is 44.8 Å². The molecule has 13 heteroatoms. The number of nitrogens with zero attached hydrogens (tertiary/aromatic N) is 4. The summed E-state index contributed by atoms with van der Waals surface area (Å²) in [4.78, 5) is 13.7. The molecular weight excluding hydrogens is 970 g/mol. The molecule has 0 radical (unpaired) electrons. The molecule has 2 aromatic heterocycles. The number of fused-ring (bicyclic) bond motifs is 2. The van der Waals surface area contributed by atoms with Crippen molar-refractivity contribution in [3.05, 3.63) is 164 Å². The van der Waals surface area contributed by atoms with E-state index in [9.17, 15) is 15.3 Å². The van der Waals surface area contributed by atoms with Crippen molar-refractivity contribution in [3.63, 3.8) is 0 Å². The average Bonchev–Trinajstić information content (AvgIpc) is 3.84. The van der Waals surface area contributed by atoms with E-state index in [2.05, 4.69) is 44.0 Å². The Balaban J connectivity index is 1.05. The zero-order valence-corrected chi connectivity index (χ0v) is 40.0. The van der Waals surface area contributed by atoms with Crippen LogP contribution in [0.15, 0.2) is 130 Å². The summed E-state index contributed by atoms with van der Waals surface area (Å²) in [6, 6.07) is 40.7. The van der Waals surface area contributed by atoms with Crippen LogP contribution in [-0.2, 0) is 22.3 Å². The molecule has 9 nitrogen and oxygen atoms in total. The van der Waals surface area contributed by atoms with Crippen LogP contribution in [0.2, 0.25) is 0 Å². The van der Waals surface area contributed by atoms with Crippen molar-refractivity contribution in [1.29, 1.82) is 10.5 Å². The molecule has 0 fully saturated rings. The van der Waals surface area contributed by atoms with E-state index in [4.69, 9.17) is 18.9 Å². The maximum Gasteiger partial charge on any atom is 0.509 e. The quantitative estimate of drug-likeness (QED) is 0.112. The van der Waals surface area contributed by atoms with Crippen molar-refractivity contribution in [2.75, 3.05) is 14.2 Å². The molecule has 0 atom stereocenters. The fourth-order valence-electron chi connectivity index (χ4n) is 8.42. The lowest BCUT2D eigenvalue weighted by Crippen LogP contribution is -2.37. The lowest BCUT2D eigenvalue weighted by molar-refractivity contribution is -0.0582. The summed E-state index contributed by atoms with van der Waals surface area (Å²) in [5, 5.41) is 22.3. The number of carbonyl (C=O) groups is 1. The van der Waals surface area contributed by atoms with Gasteiger partial charge < -0.3 is 28.1 Å². The third-order valence-corrected chi connectivity index (χ3v) is 12.3. The van der Waals surface area contributed by atoms with E-state index in [1.165, 1.54) is 26.4 Å². The van der Waals surface area contributed by atoms with Crippen molar-refractivity contribution >= 4 is 59.8 Å². The van der Waals surface area contributed by atoms with Crippen LogP contribution in [-0.4, -0.2) is 40.7 Å². The van der Waals surface area contributed by atoms with Gasteiger partial charge in [0, 0.05) is 55.1 Å². The van der Waals surface area contributed by atoms with Crippen LogP contribution in [0, 0.1) is 34.3 Å². The molecule has 332 valence electrons. The van der Waals surface area contributed by atoms with Crippen molar-refractivity contribution in [2.24, 2.45) is 0 Å². The first-order valence-corrected chi connectivity index (χ1v) is 22.4. The van der Waals surface area contributed by atoms with Crippen LogP contribution in [0.1, 0.15) is 49.9 Å². The summed E-state index contributed by atoms with van der Waals surface area (Å²) < 4.78 is 58.2. The highest BCUT2D eigenvalue weighted by molar-refractivity contribution is 9.10. The second kappa shape index (κ2) is 18.2. The molecule has 0 aliphatic rings.